The predicted molar refractivity (Wildman–Crippen MR) is 92.9 cm³/mol. The molecular formula is C15H20N4O4S2. The van der Waals surface area contributed by atoms with Crippen LogP contribution in [-0.2, 0) is 14.8 Å². The molecule has 3 rings (SSSR count). The molecule has 10 heteroatoms. The van der Waals surface area contributed by atoms with Crippen LogP contribution in [0, 0.1) is 26.7 Å². The molecule has 1 aliphatic rings. The average molecular weight is 384 g/mol. The quantitative estimate of drug-likeness (QED) is 0.865. The van der Waals surface area contributed by atoms with E-state index in [2.05, 4.69) is 15.5 Å². The van der Waals surface area contributed by atoms with Crippen molar-refractivity contribution in [2.75, 3.05) is 18.4 Å². The van der Waals surface area contributed by atoms with E-state index in [0.717, 1.165) is 5.69 Å². The van der Waals surface area contributed by atoms with Gasteiger partial charge in [-0.3, -0.25) is 4.79 Å². The van der Waals surface area contributed by atoms with Crippen molar-refractivity contribution in [3.63, 3.8) is 0 Å². The van der Waals surface area contributed by atoms with E-state index in [0.29, 0.717) is 30.2 Å². The molecule has 0 aliphatic carbocycles. The van der Waals surface area contributed by atoms with Crippen LogP contribution in [0.4, 0.5) is 5.13 Å². The lowest BCUT2D eigenvalue weighted by atomic mass is 9.99. The van der Waals surface area contributed by atoms with Crippen molar-refractivity contribution >= 4 is 32.4 Å². The molecule has 3 heterocycles. The van der Waals surface area contributed by atoms with E-state index in [9.17, 15) is 13.2 Å². The number of amides is 1. The van der Waals surface area contributed by atoms with Gasteiger partial charge < -0.3 is 9.84 Å². The van der Waals surface area contributed by atoms with Gasteiger partial charge in [-0.25, -0.2) is 13.4 Å². The van der Waals surface area contributed by atoms with E-state index >= 15 is 0 Å². The van der Waals surface area contributed by atoms with E-state index in [1.807, 2.05) is 12.3 Å². The van der Waals surface area contributed by atoms with E-state index in [-0.39, 0.29) is 23.1 Å². The summed E-state index contributed by atoms with van der Waals surface area (Å²) in [6.07, 6.45) is 1.27. The SMILES string of the molecule is Cc1csc(NC(=O)C2CCCN(S(=O)(=O)c3c(C)noc3C)C2)n1. The van der Waals surface area contributed by atoms with Crippen molar-refractivity contribution in [1.82, 2.24) is 14.4 Å². The number of nitrogens with one attached hydrogen (secondary N) is 1. The predicted octanol–water partition coefficient (Wildman–Crippen LogP) is 2.10. The smallest absolute Gasteiger partial charge is 0.248 e. The summed E-state index contributed by atoms with van der Waals surface area (Å²) >= 11 is 1.35. The minimum Gasteiger partial charge on any atom is -0.360 e. The molecular weight excluding hydrogens is 364 g/mol. The Morgan fingerprint density at radius 2 is 2.16 bits per heavy atom. The molecule has 8 nitrogen and oxygen atoms in total. The largest absolute Gasteiger partial charge is 0.360 e. The van der Waals surface area contributed by atoms with Crippen LogP contribution in [0.1, 0.15) is 30.0 Å². The normalized spacial score (nSPS) is 19.1. The van der Waals surface area contributed by atoms with Crippen LogP contribution in [0.5, 0.6) is 0 Å². The molecule has 2 aromatic rings. The van der Waals surface area contributed by atoms with Crippen LogP contribution >= 0.6 is 11.3 Å². The van der Waals surface area contributed by atoms with Gasteiger partial charge in [-0.15, -0.1) is 11.3 Å². The van der Waals surface area contributed by atoms with E-state index in [1.165, 1.54) is 15.6 Å². The fourth-order valence-electron chi connectivity index (χ4n) is 2.97. The number of anilines is 1. The molecule has 1 saturated heterocycles. The molecule has 136 valence electrons. The summed E-state index contributed by atoms with van der Waals surface area (Å²) in [6.45, 7) is 5.55. The highest BCUT2D eigenvalue weighted by molar-refractivity contribution is 7.89. The number of piperidine rings is 1. The first-order valence-electron chi connectivity index (χ1n) is 7.95. The number of rotatable bonds is 4. The summed E-state index contributed by atoms with van der Waals surface area (Å²) in [7, 11) is -3.73. The van der Waals surface area contributed by atoms with Gasteiger partial charge in [0.1, 0.15) is 10.6 Å². The van der Waals surface area contributed by atoms with Gasteiger partial charge in [-0.05, 0) is 33.6 Å². The number of aryl methyl sites for hydroxylation is 3. The highest BCUT2D eigenvalue weighted by Crippen LogP contribution is 2.28. The maximum Gasteiger partial charge on any atom is 0.248 e. The van der Waals surface area contributed by atoms with Crippen LogP contribution in [-0.4, -0.2) is 41.9 Å². The van der Waals surface area contributed by atoms with E-state index in [4.69, 9.17) is 4.52 Å². The maximum absolute atomic E-state index is 12.9. The van der Waals surface area contributed by atoms with Gasteiger partial charge in [-0.2, -0.15) is 4.31 Å². The van der Waals surface area contributed by atoms with Crippen molar-refractivity contribution in [3.05, 3.63) is 22.5 Å². The fraction of sp³-hybridized carbons (Fsp3) is 0.533. The Morgan fingerprint density at radius 1 is 1.40 bits per heavy atom. The summed E-state index contributed by atoms with van der Waals surface area (Å²) < 4.78 is 32.1. The molecule has 1 unspecified atom stereocenters. The third-order valence-corrected chi connectivity index (χ3v) is 7.16. The number of nitrogens with zero attached hydrogens (tertiary/aromatic N) is 3. The van der Waals surface area contributed by atoms with Crippen molar-refractivity contribution < 1.29 is 17.7 Å². The first-order chi connectivity index (χ1) is 11.8. The minimum absolute atomic E-state index is 0.101. The molecule has 25 heavy (non-hydrogen) atoms. The van der Waals surface area contributed by atoms with E-state index in [1.54, 1.807) is 13.8 Å². The van der Waals surface area contributed by atoms with Gasteiger partial charge in [0.25, 0.3) is 0 Å². The monoisotopic (exact) mass is 384 g/mol. The molecule has 1 amide bonds. The molecule has 2 aromatic heterocycles. The second-order valence-corrected chi connectivity index (χ2v) is 8.87. The van der Waals surface area contributed by atoms with Crippen LogP contribution < -0.4 is 5.32 Å². The Labute approximate surface area is 150 Å². The first-order valence-corrected chi connectivity index (χ1v) is 10.3. The lowest BCUT2D eigenvalue weighted by Gasteiger charge is -2.30. The zero-order chi connectivity index (χ0) is 18.2. The molecule has 0 bridgehead atoms. The summed E-state index contributed by atoms with van der Waals surface area (Å²) in [5.74, 6) is -0.344. The lowest BCUT2D eigenvalue weighted by Crippen LogP contribution is -2.43. The Bertz CT molecular complexity index is 868. The first kappa shape index (κ1) is 18.0. The number of carbonyl (C=O) groups is 1. The van der Waals surface area contributed by atoms with Crippen LogP contribution in [0.2, 0.25) is 0 Å². The highest BCUT2D eigenvalue weighted by atomic mass is 32.2. The molecule has 0 radical (unpaired) electrons. The second kappa shape index (κ2) is 6.85. The molecule has 0 aromatic carbocycles. The molecule has 1 N–H and O–H groups in total. The van der Waals surface area contributed by atoms with Gasteiger partial charge in [0.15, 0.2) is 10.9 Å². The van der Waals surface area contributed by atoms with Crippen molar-refractivity contribution in [3.8, 4) is 0 Å². The average Bonchev–Trinajstić information content (AvgIpc) is 3.13. The van der Waals surface area contributed by atoms with Crippen LogP contribution in [0.3, 0.4) is 0 Å². The van der Waals surface area contributed by atoms with Gasteiger partial charge in [0.2, 0.25) is 15.9 Å². The molecule has 1 aliphatic heterocycles. The Morgan fingerprint density at radius 3 is 2.76 bits per heavy atom. The summed E-state index contributed by atoms with van der Waals surface area (Å²) in [5.41, 5.74) is 1.17. The summed E-state index contributed by atoms with van der Waals surface area (Å²) in [6, 6.07) is 0. The lowest BCUT2D eigenvalue weighted by molar-refractivity contribution is -0.120. The number of hydrogen-bond donors (Lipinski definition) is 1. The molecule has 1 atom stereocenters. The summed E-state index contributed by atoms with van der Waals surface area (Å²) in [5, 5.41) is 8.89. The Kier molecular flexibility index (Phi) is 4.94. The van der Waals surface area contributed by atoms with Crippen LogP contribution in [0.25, 0.3) is 0 Å². The number of carbonyl (C=O) groups excluding carboxylic acids is 1. The zero-order valence-corrected chi connectivity index (χ0v) is 15.9. The minimum atomic E-state index is -3.73. The number of aromatic nitrogens is 2. The molecule has 0 spiro atoms. The Hall–Kier alpha value is -1.78. The molecule has 1 fully saturated rings. The van der Waals surface area contributed by atoms with Gasteiger partial charge >= 0.3 is 0 Å². The van der Waals surface area contributed by atoms with Crippen molar-refractivity contribution in [2.24, 2.45) is 5.92 Å². The van der Waals surface area contributed by atoms with E-state index < -0.39 is 15.9 Å². The number of thiazole rings is 1. The maximum atomic E-state index is 12.9. The Balaban J connectivity index is 1.75. The number of hydrogen-bond acceptors (Lipinski definition) is 7. The molecule has 0 saturated carbocycles. The fourth-order valence-corrected chi connectivity index (χ4v) is 5.47. The summed E-state index contributed by atoms with van der Waals surface area (Å²) in [4.78, 5) is 16.8. The van der Waals surface area contributed by atoms with Crippen molar-refractivity contribution in [1.29, 1.82) is 0 Å². The number of sulfonamides is 1. The van der Waals surface area contributed by atoms with Gasteiger partial charge in [-0.1, -0.05) is 5.16 Å². The van der Waals surface area contributed by atoms with Gasteiger partial charge in [0, 0.05) is 18.5 Å². The van der Waals surface area contributed by atoms with Gasteiger partial charge in [0.05, 0.1) is 11.6 Å². The third kappa shape index (κ3) is 3.60. The highest BCUT2D eigenvalue weighted by Gasteiger charge is 2.36. The topological polar surface area (TPSA) is 105 Å². The third-order valence-electron chi connectivity index (χ3n) is 4.17. The van der Waals surface area contributed by atoms with Crippen LogP contribution in [0.15, 0.2) is 14.8 Å². The van der Waals surface area contributed by atoms with Crippen molar-refractivity contribution in [2.45, 2.75) is 38.5 Å². The second-order valence-electron chi connectivity index (χ2n) is 6.14. The zero-order valence-electron chi connectivity index (χ0n) is 14.3. The standard InChI is InChI=1S/C15H20N4O4S2/c1-9-8-24-15(16-9)17-14(20)12-5-4-6-19(7-12)25(21,22)13-10(2)18-23-11(13)3/h8,12H,4-7H2,1-3H3,(H,16,17,20).